The lowest BCUT2D eigenvalue weighted by Crippen LogP contribution is -2.50. The fraction of sp³-hybridized carbons (Fsp3) is 0.769. The Kier molecular flexibility index (Phi) is 4.71. The zero-order valence-electron chi connectivity index (χ0n) is 12.0. The summed E-state index contributed by atoms with van der Waals surface area (Å²) in [7, 11) is 4.24. The van der Waals surface area contributed by atoms with Gasteiger partial charge in [0.25, 0.3) is 0 Å². The summed E-state index contributed by atoms with van der Waals surface area (Å²) in [6.07, 6.45) is 1.88. The summed E-state index contributed by atoms with van der Waals surface area (Å²) >= 11 is 0. The molecule has 0 amide bonds. The second kappa shape index (κ2) is 5.65. The monoisotopic (exact) mass is 238 g/mol. The Morgan fingerprint density at radius 2 is 2.06 bits per heavy atom. The molecular weight excluding hydrogens is 212 g/mol. The Morgan fingerprint density at radius 1 is 1.41 bits per heavy atom. The molecule has 4 heteroatoms. The normalized spacial score (nSPS) is 14.3. The lowest BCUT2D eigenvalue weighted by atomic mass is 9.90. The van der Waals surface area contributed by atoms with Crippen molar-refractivity contribution in [3.63, 3.8) is 0 Å². The van der Waals surface area contributed by atoms with Crippen molar-refractivity contribution >= 4 is 0 Å². The minimum atomic E-state index is 0.0446. The maximum absolute atomic E-state index is 4.37. The van der Waals surface area contributed by atoms with E-state index in [1.54, 1.807) is 0 Å². The quantitative estimate of drug-likeness (QED) is 0.821. The fourth-order valence-electron chi connectivity index (χ4n) is 2.03. The maximum atomic E-state index is 4.37. The third kappa shape index (κ3) is 2.87. The molecular formula is C13H26N4. The van der Waals surface area contributed by atoms with Crippen molar-refractivity contribution in [2.45, 2.75) is 45.8 Å². The van der Waals surface area contributed by atoms with Crippen molar-refractivity contribution in [3.05, 3.63) is 18.0 Å². The van der Waals surface area contributed by atoms with Crippen molar-refractivity contribution in [2.75, 3.05) is 20.6 Å². The van der Waals surface area contributed by atoms with E-state index < -0.39 is 0 Å². The van der Waals surface area contributed by atoms with Gasteiger partial charge in [-0.15, -0.1) is 0 Å². The zero-order valence-corrected chi connectivity index (χ0v) is 12.0. The molecule has 0 saturated heterocycles. The van der Waals surface area contributed by atoms with Crippen LogP contribution in [0.2, 0.25) is 0 Å². The smallest absolute Gasteiger partial charge is 0.0673 e. The molecule has 1 aromatic rings. The average molecular weight is 238 g/mol. The van der Waals surface area contributed by atoms with Crippen LogP contribution in [0.15, 0.2) is 12.3 Å². The second-order valence-corrected chi connectivity index (χ2v) is 5.11. The van der Waals surface area contributed by atoms with E-state index in [1.165, 1.54) is 5.69 Å². The van der Waals surface area contributed by atoms with E-state index in [-0.39, 0.29) is 11.6 Å². The molecule has 0 bridgehead atoms. The third-order valence-corrected chi connectivity index (χ3v) is 3.61. The van der Waals surface area contributed by atoms with Crippen LogP contribution in [0.4, 0.5) is 0 Å². The van der Waals surface area contributed by atoms with Gasteiger partial charge in [-0.05, 0) is 47.5 Å². The molecule has 0 aliphatic carbocycles. The molecule has 0 fully saturated rings. The van der Waals surface area contributed by atoms with Crippen LogP contribution in [0.5, 0.6) is 0 Å². The van der Waals surface area contributed by atoms with Crippen LogP contribution in [0, 0.1) is 0 Å². The van der Waals surface area contributed by atoms with Gasteiger partial charge in [0.05, 0.1) is 11.7 Å². The van der Waals surface area contributed by atoms with Gasteiger partial charge in [-0.3, -0.25) is 4.68 Å². The Morgan fingerprint density at radius 3 is 2.53 bits per heavy atom. The molecule has 0 saturated carbocycles. The minimum absolute atomic E-state index is 0.0446. The minimum Gasteiger partial charge on any atom is -0.307 e. The number of nitrogens with zero attached hydrogens (tertiary/aromatic N) is 3. The van der Waals surface area contributed by atoms with Gasteiger partial charge in [0.2, 0.25) is 0 Å². The van der Waals surface area contributed by atoms with E-state index in [1.807, 2.05) is 6.20 Å². The van der Waals surface area contributed by atoms with Crippen molar-refractivity contribution in [1.29, 1.82) is 0 Å². The number of aromatic nitrogens is 2. The Bertz CT molecular complexity index is 341. The van der Waals surface area contributed by atoms with Crippen LogP contribution < -0.4 is 5.32 Å². The molecule has 0 aromatic carbocycles. The fourth-order valence-corrected chi connectivity index (χ4v) is 2.03. The summed E-state index contributed by atoms with van der Waals surface area (Å²) in [4.78, 5) is 2.26. The van der Waals surface area contributed by atoms with E-state index in [0.717, 1.165) is 13.1 Å². The second-order valence-electron chi connectivity index (χ2n) is 5.11. The number of nitrogens with one attached hydrogen (secondary N) is 1. The molecule has 1 aromatic heterocycles. The first kappa shape index (κ1) is 14.2. The van der Waals surface area contributed by atoms with Crippen molar-refractivity contribution in [3.8, 4) is 0 Å². The molecule has 0 spiro atoms. The average Bonchev–Trinajstić information content (AvgIpc) is 2.72. The predicted octanol–water partition coefficient (Wildman–Crippen LogP) is 1.89. The number of hydrogen-bond donors (Lipinski definition) is 1. The van der Waals surface area contributed by atoms with Crippen LogP contribution >= 0.6 is 0 Å². The summed E-state index contributed by atoms with van der Waals surface area (Å²) < 4.78 is 2.07. The standard InChI is InChI=1S/C13H26N4/c1-7-14-12(13(3,4)16(5)6)11-9-10-15-17(11)8-2/h9-10,12,14H,7-8H2,1-6H3. The van der Waals surface area contributed by atoms with E-state index >= 15 is 0 Å². The molecule has 0 radical (unpaired) electrons. The first-order valence-corrected chi connectivity index (χ1v) is 6.37. The van der Waals surface area contributed by atoms with Gasteiger partial charge in [0.1, 0.15) is 0 Å². The van der Waals surface area contributed by atoms with E-state index in [0.29, 0.717) is 0 Å². The lowest BCUT2D eigenvalue weighted by Gasteiger charge is -2.40. The van der Waals surface area contributed by atoms with Gasteiger partial charge in [-0.2, -0.15) is 5.10 Å². The molecule has 1 unspecified atom stereocenters. The molecule has 17 heavy (non-hydrogen) atoms. The summed E-state index contributed by atoms with van der Waals surface area (Å²) in [6.45, 7) is 10.7. The van der Waals surface area contributed by atoms with E-state index in [2.05, 4.69) is 67.9 Å². The maximum Gasteiger partial charge on any atom is 0.0673 e. The summed E-state index contributed by atoms with van der Waals surface area (Å²) in [5, 5.41) is 7.95. The highest BCUT2D eigenvalue weighted by atomic mass is 15.3. The largest absolute Gasteiger partial charge is 0.307 e. The Labute approximate surface area is 105 Å². The van der Waals surface area contributed by atoms with Crippen LogP contribution in [0.25, 0.3) is 0 Å². The highest BCUT2D eigenvalue weighted by molar-refractivity contribution is 5.13. The van der Waals surface area contributed by atoms with E-state index in [4.69, 9.17) is 0 Å². The van der Waals surface area contributed by atoms with Crippen LogP contribution in [0.1, 0.15) is 39.4 Å². The molecule has 98 valence electrons. The molecule has 0 aliphatic heterocycles. The van der Waals surface area contributed by atoms with Crippen molar-refractivity contribution in [1.82, 2.24) is 20.0 Å². The van der Waals surface area contributed by atoms with Gasteiger partial charge in [0.15, 0.2) is 0 Å². The van der Waals surface area contributed by atoms with Gasteiger partial charge >= 0.3 is 0 Å². The molecule has 1 rings (SSSR count). The number of aryl methyl sites for hydroxylation is 1. The van der Waals surface area contributed by atoms with Crippen LogP contribution in [-0.4, -0.2) is 40.9 Å². The van der Waals surface area contributed by atoms with Crippen LogP contribution in [-0.2, 0) is 6.54 Å². The topological polar surface area (TPSA) is 33.1 Å². The Balaban J connectivity index is 3.09. The van der Waals surface area contributed by atoms with Crippen molar-refractivity contribution < 1.29 is 0 Å². The lowest BCUT2D eigenvalue weighted by molar-refractivity contribution is 0.134. The molecule has 1 heterocycles. The van der Waals surface area contributed by atoms with Crippen LogP contribution in [0.3, 0.4) is 0 Å². The SMILES string of the molecule is CCNC(c1ccnn1CC)C(C)(C)N(C)C. The zero-order chi connectivity index (χ0) is 13.1. The van der Waals surface area contributed by atoms with E-state index in [9.17, 15) is 0 Å². The van der Waals surface area contributed by atoms with Gasteiger partial charge in [-0.1, -0.05) is 6.92 Å². The molecule has 0 aliphatic rings. The Hall–Kier alpha value is -0.870. The molecule has 1 N–H and O–H groups in total. The summed E-state index contributed by atoms with van der Waals surface area (Å²) in [6, 6.07) is 2.40. The first-order chi connectivity index (χ1) is 7.95. The predicted molar refractivity (Wildman–Crippen MR) is 72.1 cm³/mol. The molecule has 1 atom stereocenters. The van der Waals surface area contributed by atoms with Gasteiger partial charge < -0.3 is 10.2 Å². The highest BCUT2D eigenvalue weighted by Crippen LogP contribution is 2.29. The number of hydrogen-bond acceptors (Lipinski definition) is 3. The summed E-state index contributed by atoms with van der Waals surface area (Å²) in [5.74, 6) is 0. The van der Waals surface area contributed by atoms with Gasteiger partial charge in [0, 0.05) is 18.3 Å². The van der Waals surface area contributed by atoms with Gasteiger partial charge in [-0.25, -0.2) is 0 Å². The summed E-state index contributed by atoms with van der Waals surface area (Å²) in [5.41, 5.74) is 1.30. The highest BCUT2D eigenvalue weighted by Gasteiger charge is 2.34. The van der Waals surface area contributed by atoms with Crippen molar-refractivity contribution in [2.24, 2.45) is 0 Å². The molecule has 4 nitrogen and oxygen atoms in total. The number of rotatable bonds is 6. The first-order valence-electron chi connectivity index (χ1n) is 6.37. The third-order valence-electron chi connectivity index (χ3n) is 3.61. The number of likely N-dealkylation sites (N-methyl/N-ethyl adjacent to an activating group) is 2.